The number of nitrogens with one attached hydrogen (secondary N) is 2. The topological polar surface area (TPSA) is 51.8 Å². The van der Waals surface area contributed by atoms with Crippen LogP contribution in [0.15, 0.2) is 12.1 Å². The van der Waals surface area contributed by atoms with Gasteiger partial charge in [-0.2, -0.15) is 0 Å². The van der Waals surface area contributed by atoms with Crippen molar-refractivity contribution in [2.45, 2.75) is 19.9 Å². The molecular formula is C15H26N2O3. The van der Waals surface area contributed by atoms with Gasteiger partial charge in [0.05, 0.1) is 21.3 Å². The van der Waals surface area contributed by atoms with Gasteiger partial charge in [-0.1, -0.05) is 6.92 Å². The van der Waals surface area contributed by atoms with Gasteiger partial charge in [0.2, 0.25) is 0 Å². The molecule has 0 aliphatic carbocycles. The minimum atomic E-state index is 0.681. The third kappa shape index (κ3) is 4.90. The van der Waals surface area contributed by atoms with Crippen molar-refractivity contribution >= 4 is 0 Å². The molecule has 0 aromatic heterocycles. The maximum absolute atomic E-state index is 5.40. The summed E-state index contributed by atoms with van der Waals surface area (Å²) in [4.78, 5) is 0. The van der Waals surface area contributed by atoms with Gasteiger partial charge in [-0.15, -0.1) is 0 Å². The van der Waals surface area contributed by atoms with Crippen LogP contribution >= 0.6 is 0 Å². The molecule has 0 saturated carbocycles. The molecule has 0 aliphatic rings. The highest BCUT2D eigenvalue weighted by molar-refractivity contribution is 5.50. The van der Waals surface area contributed by atoms with Crippen molar-refractivity contribution in [2.24, 2.45) is 0 Å². The Labute approximate surface area is 121 Å². The van der Waals surface area contributed by atoms with E-state index in [9.17, 15) is 0 Å². The molecule has 5 nitrogen and oxygen atoms in total. The van der Waals surface area contributed by atoms with Crippen LogP contribution in [0.3, 0.4) is 0 Å². The second kappa shape index (κ2) is 9.44. The smallest absolute Gasteiger partial charge is 0.164 e. The van der Waals surface area contributed by atoms with Gasteiger partial charge in [-0.05, 0) is 32.1 Å². The number of ether oxygens (including phenoxy) is 3. The average Bonchev–Trinajstić information content (AvgIpc) is 2.49. The molecule has 114 valence electrons. The van der Waals surface area contributed by atoms with Crippen LogP contribution in [0, 0.1) is 0 Å². The minimum Gasteiger partial charge on any atom is -0.496 e. The van der Waals surface area contributed by atoms with E-state index >= 15 is 0 Å². The lowest BCUT2D eigenvalue weighted by Crippen LogP contribution is -2.21. The molecular weight excluding hydrogens is 256 g/mol. The van der Waals surface area contributed by atoms with E-state index in [1.165, 1.54) is 0 Å². The summed E-state index contributed by atoms with van der Waals surface area (Å²) in [6, 6.07) is 3.81. The first-order valence-electron chi connectivity index (χ1n) is 6.97. The molecule has 0 atom stereocenters. The second-order valence-corrected chi connectivity index (χ2v) is 4.40. The van der Waals surface area contributed by atoms with Crippen molar-refractivity contribution in [3.05, 3.63) is 17.7 Å². The van der Waals surface area contributed by atoms with Gasteiger partial charge in [0.25, 0.3) is 0 Å². The first-order valence-corrected chi connectivity index (χ1v) is 6.97. The van der Waals surface area contributed by atoms with Crippen LogP contribution in [-0.4, -0.2) is 41.0 Å². The van der Waals surface area contributed by atoms with Crippen LogP contribution < -0.4 is 24.8 Å². The fraction of sp³-hybridized carbons (Fsp3) is 0.600. The Morgan fingerprint density at radius 3 is 2.05 bits per heavy atom. The van der Waals surface area contributed by atoms with Crippen molar-refractivity contribution in [2.75, 3.05) is 41.0 Å². The van der Waals surface area contributed by atoms with Crippen molar-refractivity contribution in [1.29, 1.82) is 0 Å². The van der Waals surface area contributed by atoms with Crippen molar-refractivity contribution in [3.8, 4) is 17.2 Å². The molecule has 0 saturated heterocycles. The zero-order valence-electron chi connectivity index (χ0n) is 12.9. The van der Waals surface area contributed by atoms with Gasteiger partial charge < -0.3 is 24.8 Å². The lowest BCUT2D eigenvalue weighted by Gasteiger charge is -2.14. The third-order valence-corrected chi connectivity index (χ3v) is 3.06. The monoisotopic (exact) mass is 282 g/mol. The van der Waals surface area contributed by atoms with Crippen LogP contribution in [0.2, 0.25) is 0 Å². The molecule has 2 N–H and O–H groups in total. The Morgan fingerprint density at radius 2 is 1.45 bits per heavy atom. The molecule has 0 unspecified atom stereocenters. The fourth-order valence-corrected chi connectivity index (χ4v) is 1.97. The zero-order valence-corrected chi connectivity index (χ0v) is 12.9. The van der Waals surface area contributed by atoms with Crippen LogP contribution in [0.25, 0.3) is 0 Å². The van der Waals surface area contributed by atoms with Gasteiger partial charge in [0.1, 0.15) is 5.75 Å². The number of hydrogen-bond acceptors (Lipinski definition) is 5. The van der Waals surface area contributed by atoms with Crippen molar-refractivity contribution in [3.63, 3.8) is 0 Å². The summed E-state index contributed by atoms with van der Waals surface area (Å²) in [7, 11) is 4.92. The molecule has 0 heterocycles. The van der Waals surface area contributed by atoms with Crippen molar-refractivity contribution < 1.29 is 14.2 Å². The number of methoxy groups -OCH3 is 3. The van der Waals surface area contributed by atoms with Gasteiger partial charge in [0, 0.05) is 18.2 Å². The van der Waals surface area contributed by atoms with E-state index in [0.717, 1.165) is 49.7 Å². The first kappa shape index (κ1) is 16.6. The molecule has 0 aliphatic heterocycles. The molecule has 1 aromatic carbocycles. The highest BCUT2D eigenvalue weighted by Gasteiger charge is 2.11. The van der Waals surface area contributed by atoms with Crippen LogP contribution in [0.1, 0.15) is 18.9 Å². The number of benzene rings is 1. The molecule has 1 rings (SSSR count). The molecule has 0 radical (unpaired) electrons. The Balaban J connectivity index is 2.59. The van der Waals surface area contributed by atoms with Crippen LogP contribution in [0.5, 0.6) is 17.2 Å². The van der Waals surface area contributed by atoms with Gasteiger partial charge in [-0.25, -0.2) is 0 Å². The van der Waals surface area contributed by atoms with Crippen LogP contribution in [-0.2, 0) is 6.54 Å². The quantitative estimate of drug-likeness (QED) is 0.641. The summed E-state index contributed by atoms with van der Waals surface area (Å²) in [5, 5.41) is 6.71. The lowest BCUT2D eigenvalue weighted by atomic mass is 10.1. The molecule has 0 fully saturated rings. The SMILES string of the molecule is CCNCCCNCc1cc(OC)c(OC)cc1OC. The summed E-state index contributed by atoms with van der Waals surface area (Å²) in [5.41, 5.74) is 1.06. The van der Waals surface area contributed by atoms with E-state index in [1.807, 2.05) is 12.1 Å². The fourth-order valence-electron chi connectivity index (χ4n) is 1.97. The van der Waals surface area contributed by atoms with E-state index in [1.54, 1.807) is 21.3 Å². The van der Waals surface area contributed by atoms with E-state index < -0.39 is 0 Å². The predicted octanol–water partition coefficient (Wildman–Crippen LogP) is 1.80. The Morgan fingerprint density at radius 1 is 0.850 bits per heavy atom. The highest BCUT2D eigenvalue weighted by atomic mass is 16.5. The van der Waals surface area contributed by atoms with E-state index in [-0.39, 0.29) is 0 Å². The minimum absolute atomic E-state index is 0.681. The summed E-state index contributed by atoms with van der Waals surface area (Å²) >= 11 is 0. The standard InChI is InChI=1S/C15H26N2O3/c1-5-16-7-6-8-17-11-12-9-14(19-3)15(20-4)10-13(12)18-2/h9-10,16-17H,5-8,11H2,1-4H3. The summed E-state index contributed by atoms with van der Waals surface area (Å²) in [6.45, 7) is 5.87. The molecule has 0 amide bonds. The molecule has 0 spiro atoms. The maximum Gasteiger partial charge on any atom is 0.164 e. The highest BCUT2D eigenvalue weighted by Crippen LogP contribution is 2.34. The summed E-state index contributed by atoms with van der Waals surface area (Å²) in [5.74, 6) is 2.21. The molecule has 1 aromatic rings. The van der Waals surface area contributed by atoms with Gasteiger partial charge in [-0.3, -0.25) is 0 Å². The molecule has 20 heavy (non-hydrogen) atoms. The van der Waals surface area contributed by atoms with Crippen molar-refractivity contribution in [1.82, 2.24) is 10.6 Å². The van der Waals surface area contributed by atoms with Gasteiger partial charge >= 0.3 is 0 Å². The predicted molar refractivity (Wildman–Crippen MR) is 81.0 cm³/mol. The van der Waals surface area contributed by atoms with Gasteiger partial charge in [0.15, 0.2) is 11.5 Å². The Kier molecular flexibility index (Phi) is 7.84. The Bertz CT molecular complexity index is 397. The second-order valence-electron chi connectivity index (χ2n) is 4.40. The number of hydrogen-bond donors (Lipinski definition) is 2. The Hall–Kier alpha value is -1.46. The molecule has 5 heteroatoms. The summed E-state index contributed by atoms with van der Waals surface area (Å²) in [6.07, 6.45) is 1.10. The normalized spacial score (nSPS) is 10.4. The average molecular weight is 282 g/mol. The third-order valence-electron chi connectivity index (χ3n) is 3.06. The van der Waals surface area contributed by atoms with E-state index in [4.69, 9.17) is 14.2 Å². The van der Waals surface area contributed by atoms with E-state index in [2.05, 4.69) is 17.6 Å². The molecule has 0 bridgehead atoms. The largest absolute Gasteiger partial charge is 0.496 e. The first-order chi connectivity index (χ1) is 9.76. The lowest BCUT2D eigenvalue weighted by molar-refractivity contribution is 0.347. The maximum atomic E-state index is 5.40. The van der Waals surface area contributed by atoms with Crippen LogP contribution in [0.4, 0.5) is 0 Å². The number of rotatable bonds is 10. The summed E-state index contributed by atoms with van der Waals surface area (Å²) < 4.78 is 16.0. The van der Waals surface area contributed by atoms with E-state index in [0.29, 0.717) is 5.75 Å². The zero-order chi connectivity index (χ0) is 14.8.